The second-order valence-corrected chi connectivity index (χ2v) is 4.21. The molecule has 17 heavy (non-hydrogen) atoms. The maximum Gasteiger partial charge on any atom is 0.306 e. The Morgan fingerprint density at radius 3 is 2.82 bits per heavy atom. The molecule has 1 aromatic rings. The summed E-state index contributed by atoms with van der Waals surface area (Å²) in [6.45, 7) is 1.96. The summed E-state index contributed by atoms with van der Waals surface area (Å²) in [4.78, 5) is 11.4. The minimum Gasteiger partial charge on any atom is -0.460 e. The van der Waals surface area contributed by atoms with Crippen molar-refractivity contribution >= 4 is 18.4 Å². The van der Waals surface area contributed by atoms with Gasteiger partial charge in [-0.05, 0) is 17.5 Å². The van der Waals surface area contributed by atoms with Crippen LogP contribution in [0.5, 0.6) is 0 Å². The van der Waals surface area contributed by atoms with Crippen LogP contribution in [-0.4, -0.2) is 12.1 Å². The van der Waals surface area contributed by atoms with E-state index in [1.807, 2.05) is 31.2 Å². The molecule has 0 amide bonds. The largest absolute Gasteiger partial charge is 0.460 e. The zero-order valence-electron chi connectivity index (χ0n) is 9.89. The van der Waals surface area contributed by atoms with E-state index in [0.29, 0.717) is 6.42 Å². The fourth-order valence-electron chi connectivity index (χ4n) is 2.14. The molecule has 2 rings (SSSR count). The number of rotatable bonds is 3. The van der Waals surface area contributed by atoms with E-state index in [4.69, 9.17) is 10.5 Å². The van der Waals surface area contributed by atoms with Crippen LogP contribution in [0.1, 0.15) is 36.9 Å². The number of halogens is 1. The molecule has 1 aliphatic carbocycles. The lowest BCUT2D eigenvalue weighted by molar-refractivity contribution is -0.149. The Kier molecular flexibility index (Phi) is 4.97. The number of carbonyl (C=O) groups excluding carboxylic acids is 1. The third kappa shape index (κ3) is 2.99. The SMILES string of the molecule is CCCC(=O)OC1Cc2ccccc2[C@@H]1N.Cl. The highest BCUT2D eigenvalue weighted by atomic mass is 35.5. The number of nitrogens with two attached hydrogens (primary N) is 1. The van der Waals surface area contributed by atoms with Gasteiger partial charge in [0.25, 0.3) is 0 Å². The van der Waals surface area contributed by atoms with Crippen molar-refractivity contribution < 1.29 is 9.53 Å². The van der Waals surface area contributed by atoms with Gasteiger partial charge < -0.3 is 10.5 Å². The average Bonchev–Trinajstić information content (AvgIpc) is 2.57. The molecule has 0 spiro atoms. The average molecular weight is 256 g/mol. The summed E-state index contributed by atoms with van der Waals surface area (Å²) < 4.78 is 5.38. The number of hydrogen-bond donors (Lipinski definition) is 1. The van der Waals surface area contributed by atoms with Crippen LogP contribution in [-0.2, 0) is 16.0 Å². The Labute approximate surface area is 108 Å². The molecule has 2 N–H and O–H groups in total. The molecule has 94 valence electrons. The van der Waals surface area contributed by atoms with Crippen LogP contribution < -0.4 is 5.73 Å². The van der Waals surface area contributed by atoms with Crippen LogP contribution in [0.3, 0.4) is 0 Å². The fourth-order valence-corrected chi connectivity index (χ4v) is 2.14. The topological polar surface area (TPSA) is 52.3 Å². The highest BCUT2D eigenvalue weighted by Crippen LogP contribution is 2.31. The molecular formula is C13H18ClNO2. The summed E-state index contributed by atoms with van der Waals surface area (Å²) in [5.41, 5.74) is 8.36. The van der Waals surface area contributed by atoms with Gasteiger partial charge in [0.15, 0.2) is 0 Å². The molecule has 0 saturated heterocycles. The van der Waals surface area contributed by atoms with Gasteiger partial charge in [-0.15, -0.1) is 12.4 Å². The van der Waals surface area contributed by atoms with Crippen LogP contribution >= 0.6 is 12.4 Å². The van der Waals surface area contributed by atoms with Crippen molar-refractivity contribution in [2.45, 2.75) is 38.3 Å². The van der Waals surface area contributed by atoms with E-state index < -0.39 is 0 Å². The third-order valence-electron chi connectivity index (χ3n) is 2.97. The van der Waals surface area contributed by atoms with Crippen molar-refractivity contribution in [1.82, 2.24) is 0 Å². The lowest BCUT2D eigenvalue weighted by Gasteiger charge is -2.16. The summed E-state index contributed by atoms with van der Waals surface area (Å²) >= 11 is 0. The zero-order valence-corrected chi connectivity index (χ0v) is 10.7. The smallest absolute Gasteiger partial charge is 0.306 e. The van der Waals surface area contributed by atoms with Crippen molar-refractivity contribution in [1.29, 1.82) is 0 Å². The van der Waals surface area contributed by atoms with E-state index in [0.717, 1.165) is 18.4 Å². The number of carbonyl (C=O) groups is 1. The summed E-state index contributed by atoms with van der Waals surface area (Å²) in [6, 6.07) is 7.84. The zero-order chi connectivity index (χ0) is 11.5. The number of fused-ring (bicyclic) bond motifs is 1. The first-order chi connectivity index (χ1) is 7.72. The lowest BCUT2D eigenvalue weighted by Crippen LogP contribution is -2.27. The Morgan fingerprint density at radius 2 is 2.18 bits per heavy atom. The molecule has 1 unspecified atom stereocenters. The molecule has 1 aromatic carbocycles. The fraction of sp³-hybridized carbons (Fsp3) is 0.462. The number of benzene rings is 1. The van der Waals surface area contributed by atoms with Gasteiger partial charge in [0.2, 0.25) is 0 Å². The molecule has 2 atom stereocenters. The molecule has 0 saturated carbocycles. The van der Waals surface area contributed by atoms with Gasteiger partial charge in [0, 0.05) is 12.8 Å². The monoisotopic (exact) mass is 255 g/mol. The van der Waals surface area contributed by atoms with Crippen molar-refractivity contribution in [2.75, 3.05) is 0 Å². The maximum absolute atomic E-state index is 11.4. The molecule has 0 aliphatic heterocycles. The van der Waals surface area contributed by atoms with Gasteiger partial charge in [-0.3, -0.25) is 4.79 Å². The predicted octanol–water partition coefficient (Wildman–Crippen LogP) is 2.38. The number of hydrogen-bond acceptors (Lipinski definition) is 3. The molecule has 0 heterocycles. The Morgan fingerprint density at radius 1 is 1.47 bits per heavy atom. The third-order valence-corrected chi connectivity index (χ3v) is 2.97. The van der Waals surface area contributed by atoms with Crippen molar-refractivity contribution in [3.8, 4) is 0 Å². The predicted molar refractivity (Wildman–Crippen MR) is 69.1 cm³/mol. The van der Waals surface area contributed by atoms with E-state index in [9.17, 15) is 4.79 Å². The van der Waals surface area contributed by atoms with Crippen LogP contribution in [0.15, 0.2) is 24.3 Å². The van der Waals surface area contributed by atoms with E-state index in [1.165, 1.54) is 5.56 Å². The lowest BCUT2D eigenvalue weighted by atomic mass is 10.1. The summed E-state index contributed by atoms with van der Waals surface area (Å²) in [5.74, 6) is -0.143. The normalized spacial score (nSPS) is 21.5. The van der Waals surface area contributed by atoms with E-state index in [1.54, 1.807) is 0 Å². The Balaban J connectivity index is 0.00000144. The van der Waals surface area contributed by atoms with E-state index in [2.05, 4.69) is 0 Å². The molecule has 4 heteroatoms. The Bertz CT molecular complexity index is 395. The van der Waals surface area contributed by atoms with Gasteiger partial charge in [0.1, 0.15) is 6.10 Å². The molecule has 0 aromatic heterocycles. The summed E-state index contributed by atoms with van der Waals surface area (Å²) in [6.07, 6.45) is 1.84. The van der Waals surface area contributed by atoms with Crippen LogP contribution in [0.2, 0.25) is 0 Å². The van der Waals surface area contributed by atoms with E-state index >= 15 is 0 Å². The summed E-state index contributed by atoms with van der Waals surface area (Å²) in [7, 11) is 0. The van der Waals surface area contributed by atoms with Crippen molar-refractivity contribution in [3.05, 3.63) is 35.4 Å². The number of esters is 1. The van der Waals surface area contributed by atoms with Crippen molar-refractivity contribution in [3.63, 3.8) is 0 Å². The van der Waals surface area contributed by atoms with Crippen molar-refractivity contribution in [2.24, 2.45) is 5.73 Å². The second-order valence-electron chi connectivity index (χ2n) is 4.21. The maximum atomic E-state index is 11.4. The van der Waals surface area contributed by atoms with E-state index in [-0.39, 0.29) is 30.5 Å². The minimum absolute atomic E-state index is 0. The molecular weight excluding hydrogens is 238 g/mol. The molecule has 0 fully saturated rings. The van der Waals surface area contributed by atoms with Gasteiger partial charge >= 0.3 is 5.97 Å². The second kappa shape index (κ2) is 6.03. The van der Waals surface area contributed by atoms with Gasteiger partial charge in [-0.1, -0.05) is 31.2 Å². The van der Waals surface area contributed by atoms with Crippen LogP contribution in [0.4, 0.5) is 0 Å². The molecule has 3 nitrogen and oxygen atoms in total. The quantitative estimate of drug-likeness (QED) is 0.844. The van der Waals surface area contributed by atoms with Gasteiger partial charge in [-0.2, -0.15) is 0 Å². The first-order valence-electron chi connectivity index (χ1n) is 5.75. The molecule has 0 bridgehead atoms. The minimum atomic E-state index is -0.184. The highest BCUT2D eigenvalue weighted by molar-refractivity contribution is 5.85. The first kappa shape index (κ1) is 14.0. The first-order valence-corrected chi connectivity index (χ1v) is 5.75. The highest BCUT2D eigenvalue weighted by Gasteiger charge is 2.31. The summed E-state index contributed by atoms with van der Waals surface area (Å²) in [5, 5.41) is 0. The van der Waals surface area contributed by atoms with Crippen LogP contribution in [0, 0.1) is 0 Å². The Hall–Kier alpha value is -1.06. The molecule has 0 radical (unpaired) electrons. The van der Waals surface area contributed by atoms with Crippen LogP contribution in [0.25, 0.3) is 0 Å². The molecule has 1 aliphatic rings. The van der Waals surface area contributed by atoms with Gasteiger partial charge in [0.05, 0.1) is 6.04 Å². The van der Waals surface area contributed by atoms with Gasteiger partial charge in [-0.25, -0.2) is 0 Å². The number of ether oxygens (including phenoxy) is 1. The standard InChI is InChI=1S/C13H17NO2.ClH/c1-2-5-12(15)16-11-8-9-6-3-4-7-10(9)13(11)14;/h3-4,6-7,11,13H,2,5,8,14H2,1H3;1H/t11?,13-;/m0./s1.